The Hall–Kier alpha value is -1.75. The molecule has 0 bridgehead atoms. The first-order chi connectivity index (χ1) is 12.1. The summed E-state index contributed by atoms with van der Waals surface area (Å²) in [5.74, 6) is 2.24. The Balaban J connectivity index is 1.60. The van der Waals surface area contributed by atoms with Gasteiger partial charge in [0, 0.05) is 30.8 Å². The van der Waals surface area contributed by atoms with E-state index in [0.717, 1.165) is 31.8 Å². The molecule has 0 saturated carbocycles. The van der Waals surface area contributed by atoms with E-state index in [2.05, 4.69) is 11.8 Å². The van der Waals surface area contributed by atoms with Gasteiger partial charge in [0.1, 0.15) is 11.5 Å². The van der Waals surface area contributed by atoms with Crippen LogP contribution in [0.1, 0.15) is 43.0 Å². The summed E-state index contributed by atoms with van der Waals surface area (Å²) in [5.41, 5.74) is 0.640. The van der Waals surface area contributed by atoms with Gasteiger partial charge in [-0.1, -0.05) is 6.92 Å². The molecule has 138 valence electrons. The Morgan fingerprint density at radius 1 is 0.920 bits per heavy atom. The Kier molecular flexibility index (Phi) is 5.84. The summed E-state index contributed by atoms with van der Waals surface area (Å²) in [7, 11) is 3.21. The molecular formula is C20H30N2O3. The van der Waals surface area contributed by atoms with Gasteiger partial charge < -0.3 is 19.3 Å². The highest BCUT2D eigenvalue weighted by Crippen LogP contribution is 2.26. The van der Waals surface area contributed by atoms with Crippen LogP contribution in [0.25, 0.3) is 0 Å². The lowest BCUT2D eigenvalue weighted by Gasteiger charge is -2.41. The molecule has 2 aliphatic heterocycles. The lowest BCUT2D eigenvalue weighted by Crippen LogP contribution is -2.48. The Bertz CT molecular complexity index is 566. The van der Waals surface area contributed by atoms with Crippen LogP contribution in [0.5, 0.6) is 11.5 Å². The minimum atomic E-state index is 0.0721. The van der Waals surface area contributed by atoms with Gasteiger partial charge in [-0.3, -0.25) is 4.79 Å². The van der Waals surface area contributed by atoms with Gasteiger partial charge in [0.25, 0.3) is 5.91 Å². The molecule has 2 saturated heterocycles. The van der Waals surface area contributed by atoms with Gasteiger partial charge in [0.15, 0.2) is 0 Å². The number of hydrogen-bond acceptors (Lipinski definition) is 4. The van der Waals surface area contributed by atoms with E-state index < -0.39 is 0 Å². The Morgan fingerprint density at radius 2 is 1.48 bits per heavy atom. The number of amides is 1. The minimum absolute atomic E-state index is 0.0721. The summed E-state index contributed by atoms with van der Waals surface area (Å²) >= 11 is 0. The van der Waals surface area contributed by atoms with Crippen LogP contribution in [0.3, 0.4) is 0 Å². The van der Waals surface area contributed by atoms with Crippen LogP contribution in [-0.2, 0) is 0 Å². The van der Waals surface area contributed by atoms with Crippen LogP contribution in [0.2, 0.25) is 0 Å². The van der Waals surface area contributed by atoms with Crippen molar-refractivity contribution in [3.8, 4) is 11.5 Å². The molecule has 0 atom stereocenters. The fourth-order valence-corrected chi connectivity index (χ4v) is 3.94. The zero-order chi connectivity index (χ0) is 17.8. The normalized spacial score (nSPS) is 20.5. The average molecular weight is 346 g/mol. The van der Waals surface area contributed by atoms with Gasteiger partial charge >= 0.3 is 0 Å². The molecule has 0 aromatic heterocycles. The van der Waals surface area contributed by atoms with Gasteiger partial charge in [-0.15, -0.1) is 0 Å². The second-order valence-corrected chi connectivity index (χ2v) is 7.34. The van der Waals surface area contributed by atoms with Crippen molar-refractivity contribution in [3.63, 3.8) is 0 Å². The summed E-state index contributed by atoms with van der Waals surface area (Å²) in [5, 5.41) is 0. The second kappa shape index (κ2) is 8.09. The van der Waals surface area contributed by atoms with Crippen molar-refractivity contribution < 1.29 is 14.3 Å². The molecule has 0 aliphatic carbocycles. The molecule has 1 aromatic rings. The van der Waals surface area contributed by atoms with Crippen molar-refractivity contribution >= 4 is 5.91 Å². The number of piperidine rings is 2. The second-order valence-electron chi connectivity index (χ2n) is 7.34. The van der Waals surface area contributed by atoms with E-state index in [1.165, 1.54) is 25.9 Å². The van der Waals surface area contributed by atoms with E-state index in [4.69, 9.17) is 9.47 Å². The van der Waals surface area contributed by atoms with Crippen molar-refractivity contribution in [2.45, 2.75) is 38.6 Å². The molecule has 0 radical (unpaired) electrons. The molecule has 0 spiro atoms. The lowest BCUT2D eigenvalue weighted by molar-refractivity contribution is 0.0559. The molecule has 5 heteroatoms. The monoisotopic (exact) mass is 346 g/mol. The maximum absolute atomic E-state index is 12.9. The molecule has 1 aromatic carbocycles. The largest absolute Gasteiger partial charge is 0.497 e. The van der Waals surface area contributed by atoms with Gasteiger partial charge in [0.2, 0.25) is 0 Å². The first kappa shape index (κ1) is 18.1. The van der Waals surface area contributed by atoms with E-state index in [1.54, 1.807) is 32.4 Å². The third-order valence-electron chi connectivity index (χ3n) is 5.68. The van der Waals surface area contributed by atoms with E-state index in [-0.39, 0.29) is 5.91 Å². The topological polar surface area (TPSA) is 42.0 Å². The van der Waals surface area contributed by atoms with Crippen LogP contribution in [0, 0.1) is 5.92 Å². The molecule has 2 aliphatic rings. The smallest absolute Gasteiger partial charge is 0.254 e. The maximum Gasteiger partial charge on any atom is 0.254 e. The summed E-state index contributed by atoms with van der Waals surface area (Å²) in [4.78, 5) is 17.5. The molecular weight excluding hydrogens is 316 g/mol. The van der Waals surface area contributed by atoms with Gasteiger partial charge in [0.05, 0.1) is 14.2 Å². The summed E-state index contributed by atoms with van der Waals surface area (Å²) in [6.07, 6.45) is 4.76. The SMILES string of the molecule is COc1cc(OC)cc(C(=O)N2CCC(N3CCC(C)CC3)CC2)c1. The number of likely N-dealkylation sites (tertiary alicyclic amines) is 2. The van der Waals surface area contributed by atoms with E-state index in [9.17, 15) is 4.79 Å². The molecule has 0 N–H and O–H groups in total. The summed E-state index contributed by atoms with van der Waals surface area (Å²) in [6.45, 7) is 6.44. The fourth-order valence-electron chi connectivity index (χ4n) is 3.94. The number of rotatable bonds is 4. The van der Waals surface area contributed by atoms with Crippen molar-refractivity contribution in [1.82, 2.24) is 9.80 Å². The average Bonchev–Trinajstić information content (AvgIpc) is 2.67. The van der Waals surface area contributed by atoms with E-state index in [1.807, 2.05) is 4.90 Å². The molecule has 2 heterocycles. The minimum Gasteiger partial charge on any atom is -0.497 e. The van der Waals surface area contributed by atoms with E-state index >= 15 is 0 Å². The predicted molar refractivity (Wildman–Crippen MR) is 98.4 cm³/mol. The molecule has 2 fully saturated rings. The first-order valence-corrected chi connectivity index (χ1v) is 9.37. The number of hydrogen-bond donors (Lipinski definition) is 0. The van der Waals surface area contributed by atoms with Crippen LogP contribution >= 0.6 is 0 Å². The van der Waals surface area contributed by atoms with Crippen LogP contribution in [0.4, 0.5) is 0 Å². The highest BCUT2D eigenvalue weighted by atomic mass is 16.5. The van der Waals surface area contributed by atoms with Crippen molar-refractivity contribution in [2.75, 3.05) is 40.4 Å². The molecule has 3 rings (SSSR count). The zero-order valence-corrected chi connectivity index (χ0v) is 15.7. The van der Waals surface area contributed by atoms with Crippen molar-refractivity contribution in [1.29, 1.82) is 0 Å². The molecule has 1 amide bonds. The first-order valence-electron chi connectivity index (χ1n) is 9.37. The lowest BCUT2D eigenvalue weighted by atomic mass is 9.94. The Morgan fingerprint density at radius 3 is 2.00 bits per heavy atom. The third kappa shape index (κ3) is 4.27. The Labute approximate surface area is 150 Å². The highest BCUT2D eigenvalue weighted by molar-refractivity contribution is 5.95. The number of methoxy groups -OCH3 is 2. The summed E-state index contributed by atoms with van der Waals surface area (Å²) in [6, 6.07) is 6.02. The summed E-state index contributed by atoms with van der Waals surface area (Å²) < 4.78 is 10.6. The molecule has 25 heavy (non-hydrogen) atoms. The molecule has 5 nitrogen and oxygen atoms in total. The number of nitrogens with zero attached hydrogens (tertiary/aromatic N) is 2. The maximum atomic E-state index is 12.9. The van der Waals surface area contributed by atoms with Crippen LogP contribution < -0.4 is 9.47 Å². The zero-order valence-electron chi connectivity index (χ0n) is 15.7. The van der Waals surface area contributed by atoms with Crippen molar-refractivity contribution in [3.05, 3.63) is 23.8 Å². The van der Waals surface area contributed by atoms with Crippen molar-refractivity contribution in [2.24, 2.45) is 5.92 Å². The quantitative estimate of drug-likeness (QED) is 0.840. The molecule has 0 unspecified atom stereocenters. The predicted octanol–water partition coefficient (Wildman–Crippen LogP) is 3.04. The standard InChI is InChI=1S/C20H30N2O3/c1-15-4-8-21(9-5-15)17-6-10-22(11-7-17)20(23)16-12-18(24-2)14-19(13-16)25-3/h12-15,17H,4-11H2,1-3H3. The number of ether oxygens (including phenoxy) is 2. The number of benzene rings is 1. The number of carbonyl (C=O) groups is 1. The number of carbonyl (C=O) groups excluding carboxylic acids is 1. The van der Waals surface area contributed by atoms with Gasteiger partial charge in [-0.05, 0) is 56.8 Å². The van der Waals surface area contributed by atoms with Crippen LogP contribution in [0.15, 0.2) is 18.2 Å². The third-order valence-corrected chi connectivity index (χ3v) is 5.68. The van der Waals surface area contributed by atoms with Gasteiger partial charge in [-0.2, -0.15) is 0 Å². The highest BCUT2D eigenvalue weighted by Gasteiger charge is 2.29. The fraction of sp³-hybridized carbons (Fsp3) is 0.650. The van der Waals surface area contributed by atoms with E-state index in [0.29, 0.717) is 23.1 Å². The van der Waals surface area contributed by atoms with Crippen LogP contribution in [-0.4, -0.2) is 62.1 Å². The van der Waals surface area contributed by atoms with Gasteiger partial charge in [-0.25, -0.2) is 0 Å².